The Morgan fingerprint density at radius 1 is 1.50 bits per heavy atom. The first-order valence-electron chi connectivity index (χ1n) is 6.31. The van der Waals surface area contributed by atoms with E-state index in [1.807, 2.05) is 13.1 Å². The summed E-state index contributed by atoms with van der Waals surface area (Å²) >= 11 is 0. The largest absolute Gasteiger partial charge is 0.476 e. The van der Waals surface area contributed by atoms with Crippen LogP contribution in [-0.2, 0) is 24.2 Å². The van der Waals surface area contributed by atoms with Crippen LogP contribution in [0.5, 0.6) is 0 Å². The van der Waals surface area contributed by atoms with Crippen molar-refractivity contribution in [2.45, 2.75) is 26.4 Å². The van der Waals surface area contributed by atoms with Crippen LogP contribution >= 0.6 is 0 Å². The van der Waals surface area contributed by atoms with Crippen molar-refractivity contribution in [2.24, 2.45) is 0 Å². The Balaban J connectivity index is 2.23. The molecule has 20 heavy (non-hydrogen) atoms. The fraction of sp³-hybridized carbons (Fsp3) is 0.500. The molecule has 2 aromatic heterocycles. The van der Waals surface area contributed by atoms with E-state index in [1.165, 1.54) is 0 Å². The van der Waals surface area contributed by atoms with Crippen LogP contribution in [0.25, 0.3) is 0 Å². The molecular weight excluding hydrogens is 262 g/mol. The second kappa shape index (κ2) is 6.29. The lowest BCUT2D eigenvalue weighted by Gasteiger charge is -2.05. The standard InChI is InChI=1S/C12H17N5O3/c1-3-16-7-9(6-13-16)8-17-10(4-5-20-2)11(12(18)19)14-15-17/h6-7H,3-5,8H2,1-2H3,(H,18,19). The van der Waals surface area contributed by atoms with E-state index in [0.29, 0.717) is 25.3 Å². The lowest BCUT2D eigenvalue weighted by Crippen LogP contribution is -2.11. The van der Waals surface area contributed by atoms with Gasteiger partial charge in [-0.1, -0.05) is 5.21 Å². The Bertz CT molecular complexity index is 590. The molecule has 0 saturated carbocycles. The van der Waals surface area contributed by atoms with Gasteiger partial charge in [-0.3, -0.25) is 4.68 Å². The number of nitrogens with zero attached hydrogens (tertiary/aromatic N) is 5. The number of aromatic nitrogens is 5. The second-order valence-electron chi connectivity index (χ2n) is 4.29. The number of hydrogen-bond donors (Lipinski definition) is 1. The molecule has 0 fully saturated rings. The van der Waals surface area contributed by atoms with E-state index in [2.05, 4.69) is 15.4 Å². The Morgan fingerprint density at radius 3 is 2.90 bits per heavy atom. The molecule has 0 bridgehead atoms. The van der Waals surface area contributed by atoms with Crippen LogP contribution in [0.3, 0.4) is 0 Å². The predicted molar refractivity (Wildman–Crippen MR) is 69.6 cm³/mol. The van der Waals surface area contributed by atoms with Gasteiger partial charge in [-0.05, 0) is 6.92 Å². The zero-order valence-electron chi connectivity index (χ0n) is 11.5. The van der Waals surface area contributed by atoms with Crippen molar-refractivity contribution < 1.29 is 14.6 Å². The molecule has 0 aliphatic heterocycles. The van der Waals surface area contributed by atoms with E-state index in [1.54, 1.807) is 22.7 Å². The average molecular weight is 279 g/mol. The van der Waals surface area contributed by atoms with Crippen LogP contribution in [0.1, 0.15) is 28.7 Å². The van der Waals surface area contributed by atoms with Gasteiger partial charge in [-0.25, -0.2) is 9.48 Å². The first-order chi connectivity index (χ1) is 9.65. The summed E-state index contributed by atoms with van der Waals surface area (Å²) in [5, 5.41) is 20.9. The first kappa shape index (κ1) is 14.2. The van der Waals surface area contributed by atoms with E-state index in [0.717, 1.165) is 12.1 Å². The number of rotatable bonds is 7. The predicted octanol–water partition coefficient (Wildman–Crippen LogP) is 0.430. The Hall–Kier alpha value is -2.22. The molecule has 0 aliphatic carbocycles. The molecule has 0 unspecified atom stereocenters. The highest BCUT2D eigenvalue weighted by molar-refractivity contribution is 5.86. The third-order valence-corrected chi connectivity index (χ3v) is 2.93. The van der Waals surface area contributed by atoms with Crippen LogP contribution in [-0.4, -0.2) is 49.6 Å². The third kappa shape index (κ3) is 3.02. The van der Waals surface area contributed by atoms with Crippen LogP contribution in [0.15, 0.2) is 12.4 Å². The summed E-state index contributed by atoms with van der Waals surface area (Å²) in [6.07, 6.45) is 4.10. The quantitative estimate of drug-likeness (QED) is 0.789. The molecule has 108 valence electrons. The van der Waals surface area contributed by atoms with Crippen molar-refractivity contribution >= 4 is 5.97 Å². The summed E-state index contributed by atoms with van der Waals surface area (Å²) < 4.78 is 8.39. The summed E-state index contributed by atoms with van der Waals surface area (Å²) in [5.41, 5.74) is 1.49. The van der Waals surface area contributed by atoms with E-state index >= 15 is 0 Å². The van der Waals surface area contributed by atoms with Gasteiger partial charge < -0.3 is 9.84 Å². The van der Waals surface area contributed by atoms with Crippen molar-refractivity contribution in [2.75, 3.05) is 13.7 Å². The van der Waals surface area contributed by atoms with Gasteiger partial charge in [0.2, 0.25) is 0 Å². The monoisotopic (exact) mass is 279 g/mol. The number of methoxy groups -OCH3 is 1. The van der Waals surface area contributed by atoms with E-state index in [4.69, 9.17) is 9.84 Å². The van der Waals surface area contributed by atoms with Gasteiger partial charge in [-0.2, -0.15) is 5.10 Å². The highest BCUT2D eigenvalue weighted by atomic mass is 16.5. The maximum absolute atomic E-state index is 11.1. The molecule has 0 radical (unpaired) electrons. The van der Waals surface area contributed by atoms with Gasteiger partial charge in [0.25, 0.3) is 0 Å². The molecule has 0 atom stereocenters. The second-order valence-corrected chi connectivity index (χ2v) is 4.29. The fourth-order valence-corrected chi connectivity index (χ4v) is 1.91. The van der Waals surface area contributed by atoms with Crippen LogP contribution in [0, 0.1) is 0 Å². The minimum absolute atomic E-state index is 0.0232. The summed E-state index contributed by atoms with van der Waals surface area (Å²) in [7, 11) is 1.57. The molecule has 8 heteroatoms. The molecule has 8 nitrogen and oxygen atoms in total. The number of carboxylic acids is 1. The van der Waals surface area contributed by atoms with E-state index in [-0.39, 0.29) is 5.69 Å². The zero-order valence-corrected chi connectivity index (χ0v) is 11.5. The van der Waals surface area contributed by atoms with Crippen molar-refractivity contribution in [1.29, 1.82) is 0 Å². The number of ether oxygens (including phenoxy) is 1. The van der Waals surface area contributed by atoms with Crippen LogP contribution < -0.4 is 0 Å². The van der Waals surface area contributed by atoms with Gasteiger partial charge in [0.15, 0.2) is 5.69 Å². The van der Waals surface area contributed by atoms with Gasteiger partial charge in [0, 0.05) is 31.8 Å². The summed E-state index contributed by atoms with van der Waals surface area (Å²) in [4.78, 5) is 11.1. The Labute approximate surface area is 116 Å². The minimum atomic E-state index is -1.08. The molecule has 0 spiro atoms. The van der Waals surface area contributed by atoms with Crippen molar-refractivity contribution in [1.82, 2.24) is 24.8 Å². The molecule has 0 amide bonds. The molecule has 2 heterocycles. The zero-order chi connectivity index (χ0) is 14.5. The molecule has 1 N–H and O–H groups in total. The third-order valence-electron chi connectivity index (χ3n) is 2.93. The fourth-order valence-electron chi connectivity index (χ4n) is 1.91. The highest BCUT2D eigenvalue weighted by Gasteiger charge is 2.19. The Morgan fingerprint density at radius 2 is 2.30 bits per heavy atom. The molecular formula is C12H17N5O3. The molecule has 2 aromatic rings. The molecule has 0 saturated heterocycles. The van der Waals surface area contributed by atoms with Gasteiger partial charge in [0.05, 0.1) is 25.0 Å². The normalized spacial score (nSPS) is 10.9. The lowest BCUT2D eigenvalue weighted by molar-refractivity contribution is 0.0688. The smallest absolute Gasteiger partial charge is 0.358 e. The van der Waals surface area contributed by atoms with Crippen LogP contribution in [0.2, 0.25) is 0 Å². The lowest BCUT2D eigenvalue weighted by atomic mass is 10.2. The maximum atomic E-state index is 11.1. The van der Waals surface area contributed by atoms with E-state index in [9.17, 15) is 4.79 Å². The maximum Gasteiger partial charge on any atom is 0.358 e. The van der Waals surface area contributed by atoms with Gasteiger partial charge in [0.1, 0.15) is 0 Å². The summed E-state index contributed by atoms with van der Waals surface area (Å²) in [5.74, 6) is -1.08. The van der Waals surface area contributed by atoms with Crippen molar-refractivity contribution in [3.05, 3.63) is 29.3 Å². The number of carbonyl (C=O) groups is 1. The number of aromatic carboxylic acids is 1. The minimum Gasteiger partial charge on any atom is -0.476 e. The molecule has 0 aliphatic rings. The summed E-state index contributed by atoms with van der Waals surface area (Å²) in [6.45, 7) is 3.65. The van der Waals surface area contributed by atoms with E-state index < -0.39 is 5.97 Å². The number of aryl methyl sites for hydroxylation is 1. The van der Waals surface area contributed by atoms with Gasteiger partial charge >= 0.3 is 5.97 Å². The summed E-state index contributed by atoms with van der Waals surface area (Å²) in [6, 6.07) is 0. The molecule has 2 rings (SSSR count). The van der Waals surface area contributed by atoms with Crippen molar-refractivity contribution in [3.8, 4) is 0 Å². The van der Waals surface area contributed by atoms with Gasteiger partial charge in [-0.15, -0.1) is 5.10 Å². The number of hydrogen-bond acceptors (Lipinski definition) is 5. The first-order valence-corrected chi connectivity index (χ1v) is 6.31. The highest BCUT2D eigenvalue weighted by Crippen LogP contribution is 2.10. The molecule has 0 aromatic carbocycles. The van der Waals surface area contributed by atoms with Crippen LogP contribution in [0.4, 0.5) is 0 Å². The Kier molecular flexibility index (Phi) is 4.46. The average Bonchev–Trinajstić information content (AvgIpc) is 3.03. The van der Waals surface area contributed by atoms with Crippen molar-refractivity contribution in [3.63, 3.8) is 0 Å². The number of carboxylic acid groups (broad SMARTS) is 1. The topological polar surface area (TPSA) is 95.1 Å². The SMILES string of the molecule is CCn1cc(Cn2nnc(C(=O)O)c2CCOC)cn1.